The lowest BCUT2D eigenvalue weighted by molar-refractivity contribution is -0.117. The number of aromatic nitrogens is 4. The number of hydrogen-bond acceptors (Lipinski definition) is 3. The smallest absolute Gasteiger partial charge is 0.280 e. The van der Waals surface area contributed by atoms with Gasteiger partial charge in [-0.15, -0.1) is 0 Å². The van der Waals surface area contributed by atoms with Gasteiger partial charge in [-0.3, -0.25) is 14.2 Å². The minimum Gasteiger partial charge on any atom is -0.322 e. The number of alkyl halides is 2. The third kappa shape index (κ3) is 2.84. The van der Waals surface area contributed by atoms with Crippen molar-refractivity contribution in [2.75, 3.05) is 5.32 Å². The van der Waals surface area contributed by atoms with Gasteiger partial charge in [0, 0.05) is 7.05 Å². The fourth-order valence-electron chi connectivity index (χ4n) is 1.81. The van der Waals surface area contributed by atoms with E-state index in [1.165, 1.54) is 12.3 Å². The van der Waals surface area contributed by atoms with Crippen LogP contribution >= 0.6 is 0 Å². The highest BCUT2D eigenvalue weighted by Gasteiger charge is 2.18. The minimum absolute atomic E-state index is 0.262. The summed E-state index contributed by atoms with van der Waals surface area (Å²) in [6.07, 6.45) is -1.15. The van der Waals surface area contributed by atoms with Gasteiger partial charge < -0.3 is 5.32 Å². The Morgan fingerprint density at radius 3 is 2.70 bits per heavy atom. The third-order valence-corrected chi connectivity index (χ3v) is 2.96. The Balaban J connectivity index is 2.10. The molecule has 2 aromatic rings. The SMILES string of the molecule is Cc1cc(C(F)F)n(CC(=O)Nc2cnn(C)c2C)n1. The van der Waals surface area contributed by atoms with Crippen molar-refractivity contribution in [1.82, 2.24) is 19.6 Å². The molecule has 2 heterocycles. The Morgan fingerprint density at radius 1 is 1.45 bits per heavy atom. The monoisotopic (exact) mass is 283 g/mol. The van der Waals surface area contributed by atoms with Crippen molar-refractivity contribution < 1.29 is 13.6 Å². The molecule has 0 unspecified atom stereocenters. The molecule has 2 aromatic heterocycles. The Hall–Kier alpha value is -2.25. The molecule has 1 amide bonds. The first kappa shape index (κ1) is 14.2. The minimum atomic E-state index is -2.66. The highest BCUT2D eigenvalue weighted by Crippen LogP contribution is 2.19. The molecule has 0 atom stereocenters. The van der Waals surface area contributed by atoms with Crippen LogP contribution in [0.5, 0.6) is 0 Å². The molecular formula is C12H15F2N5O. The maximum atomic E-state index is 12.8. The van der Waals surface area contributed by atoms with Gasteiger partial charge >= 0.3 is 0 Å². The topological polar surface area (TPSA) is 64.7 Å². The van der Waals surface area contributed by atoms with Gasteiger partial charge in [-0.1, -0.05) is 0 Å². The predicted molar refractivity (Wildman–Crippen MR) is 68.5 cm³/mol. The Labute approximate surface area is 114 Å². The van der Waals surface area contributed by atoms with Crippen LogP contribution in [0, 0.1) is 13.8 Å². The average molecular weight is 283 g/mol. The van der Waals surface area contributed by atoms with Crippen LogP contribution in [0.1, 0.15) is 23.5 Å². The summed E-state index contributed by atoms with van der Waals surface area (Å²) < 4.78 is 28.2. The summed E-state index contributed by atoms with van der Waals surface area (Å²) >= 11 is 0. The molecule has 0 saturated carbocycles. The summed E-state index contributed by atoms with van der Waals surface area (Å²) in [5, 5.41) is 10.5. The number of carbonyl (C=O) groups excluding carboxylic acids is 1. The molecular weight excluding hydrogens is 268 g/mol. The Morgan fingerprint density at radius 2 is 2.15 bits per heavy atom. The quantitative estimate of drug-likeness (QED) is 0.930. The number of carbonyl (C=O) groups is 1. The maximum absolute atomic E-state index is 12.8. The molecule has 0 aliphatic heterocycles. The molecule has 108 valence electrons. The first-order valence-electron chi connectivity index (χ1n) is 5.99. The highest BCUT2D eigenvalue weighted by molar-refractivity contribution is 5.90. The third-order valence-electron chi connectivity index (χ3n) is 2.96. The van der Waals surface area contributed by atoms with E-state index >= 15 is 0 Å². The molecule has 0 saturated heterocycles. The number of aryl methyl sites for hydroxylation is 2. The van der Waals surface area contributed by atoms with Crippen molar-refractivity contribution in [2.24, 2.45) is 7.05 Å². The molecule has 6 nitrogen and oxygen atoms in total. The number of rotatable bonds is 4. The summed E-state index contributed by atoms with van der Waals surface area (Å²) in [5.41, 5.74) is 1.52. The molecule has 2 rings (SSSR count). The van der Waals surface area contributed by atoms with Gasteiger partial charge in [0.15, 0.2) is 0 Å². The summed E-state index contributed by atoms with van der Waals surface area (Å²) in [4.78, 5) is 11.9. The maximum Gasteiger partial charge on any atom is 0.280 e. The summed E-state index contributed by atoms with van der Waals surface area (Å²) in [6, 6.07) is 1.27. The lowest BCUT2D eigenvalue weighted by Gasteiger charge is -2.07. The van der Waals surface area contributed by atoms with Crippen LogP contribution in [-0.2, 0) is 18.4 Å². The van der Waals surface area contributed by atoms with Gasteiger partial charge in [0.05, 0.1) is 23.3 Å². The van der Waals surface area contributed by atoms with Crippen LogP contribution in [0.2, 0.25) is 0 Å². The number of anilines is 1. The van der Waals surface area contributed by atoms with E-state index in [0.29, 0.717) is 11.4 Å². The van der Waals surface area contributed by atoms with Gasteiger partial charge in [0.25, 0.3) is 6.43 Å². The van der Waals surface area contributed by atoms with Crippen molar-refractivity contribution in [2.45, 2.75) is 26.8 Å². The van der Waals surface area contributed by atoms with Crippen LogP contribution in [0.3, 0.4) is 0 Å². The molecule has 0 spiro atoms. The number of halogens is 2. The van der Waals surface area contributed by atoms with Gasteiger partial charge in [0.2, 0.25) is 5.91 Å². The van der Waals surface area contributed by atoms with Crippen molar-refractivity contribution >= 4 is 11.6 Å². The highest BCUT2D eigenvalue weighted by atomic mass is 19.3. The first-order chi connectivity index (χ1) is 9.38. The van der Waals surface area contributed by atoms with Crippen LogP contribution in [-0.4, -0.2) is 25.5 Å². The Bertz CT molecular complexity index is 632. The summed E-state index contributed by atoms with van der Waals surface area (Å²) in [5.74, 6) is -0.425. The number of amides is 1. The molecule has 0 aromatic carbocycles. The van der Waals surface area contributed by atoms with Crippen molar-refractivity contribution in [3.8, 4) is 0 Å². The van der Waals surface area contributed by atoms with E-state index in [-0.39, 0.29) is 12.2 Å². The van der Waals surface area contributed by atoms with Gasteiger partial charge in [-0.05, 0) is 19.9 Å². The fraction of sp³-hybridized carbons (Fsp3) is 0.417. The van der Waals surface area contributed by atoms with E-state index in [4.69, 9.17) is 0 Å². The second kappa shape index (κ2) is 5.40. The second-order valence-electron chi connectivity index (χ2n) is 4.48. The van der Waals surface area contributed by atoms with E-state index in [1.54, 1.807) is 25.6 Å². The zero-order valence-electron chi connectivity index (χ0n) is 11.4. The van der Waals surface area contributed by atoms with E-state index < -0.39 is 12.3 Å². The molecule has 0 aliphatic rings. The van der Waals surface area contributed by atoms with E-state index in [0.717, 1.165) is 10.4 Å². The van der Waals surface area contributed by atoms with Crippen LogP contribution < -0.4 is 5.32 Å². The van der Waals surface area contributed by atoms with Crippen molar-refractivity contribution in [3.05, 3.63) is 29.3 Å². The lowest BCUT2D eigenvalue weighted by atomic mass is 10.3. The van der Waals surface area contributed by atoms with Crippen LogP contribution in [0.25, 0.3) is 0 Å². The van der Waals surface area contributed by atoms with Gasteiger partial charge in [-0.2, -0.15) is 10.2 Å². The fourth-order valence-corrected chi connectivity index (χ4v) is 1.81. The predicted octanol–water partition coefficient (Wildman–Crippen LogP) is 1.81. The van der Waals surface area contributed by atoms with Crippen LogP contribution in [0.4, 0.5) is 14.5 Å². The van der Waals surface area contributed by atoms with E-state index in [9.17, 15) is 13.6 Å². The van der Waals surface area contributed by atoms with E-state index in [1.807, 2.05) is 0 Å². The average Bonchev–Trinajstić information content (AvgIpc) is 2.87. The standard InChI is InChI=1S/C12H15F2N5O/c1-7-4-10(12(13)14)19(17-7)6-11(20)16-9-5-15-18(3)8(9)2/h4-5,12H,6H2,1-3H3,(H,16,20). The van der Waals surface area contributed by atoms with Gasteiger partial charge in [0.1, 0.15) is 12.2 Å². The zero-order chi connectivity index (χ0) is 14.9. The molecule has 0 aliphatic carbocycles. The summed E-state index contributed by atoms with van der Waals surface area (Å²) in [6.45, 7) is 3.14. The molecule has 1 N–H and O–H groups in total. The molecule has 20 heavy (non-hydrogen) atoms. The first-order valence-corrected chi connectivity index (χ1v) is 5.99. The molecule has 0 radical (unpaired) electrons. The van der Waals surface area contributed by atoms with Crippen molar-refractivity contribution in [1.29, 1.82) is 0 Å². The van der Waals surface area contributed by atoms with Gasteiger partial charge in [-0.25, -0.2) is 8.78 Å². The summed E-state index contributed by atoms with van der Waals surface area (Å²) in [7, 11) is 1.75. The normalized spacial score (nSPS) is 11.1. The van der Waals surface area contributed by atoms with Crippen molar-refractivity contribution in [3.63, 3.8) is 0 Å². The molecule has 0 bridgehead atoms. The lowest BCUT2D eigenvalue weighted by Crippen LogP contribution is -2.21. The Kier molecular flexibility index (Phi) is 3.82. The largest absolute Gasteiger partial charge is 0.322 e. The number of hydrogen-bond donors (Lipinski definition) is 1. The number of nitrogens with one attached hydrogen (secondary N) is 1. The molecule has 8 heteroatoms. The van der Waals surface area contributed by atoms with E-state index in [2.05, 4.69) is 15.5 Å². The second-order valence-corrected chi connectivity index (χ2v) is 4.48. The molecule has 0 fully saturated rings. The number of nitrogens with zero attached hydrogens (tertiary/aromatic N) is 4. The zero-order valence-corrected chi connectivity index (χ0v) is 11.4. The van der Waals surface area contributed by atoms with Crippen LogP contribution in [0.15, 0.2) is 12.3 Å².